The van der Waals surface area contributed by atoms with Crippen molar-refractivity contribution in [1.82, 2.24) is 0 Å². The van der Waals surface area contributed by atoms with Gasteiger partial charge < -0.3 is 4.74 Å². The predicted octanol–water partition coefficient (Wildman–Crippen LogP) is 3.15. The van der Waals surface area contributed by atoms with Gasteiger partial charge in [-0.25, -0.2) is 0 Å². The molecule has 0 N–H and O–H groups in total. The molecule has 0 spiro atoms. The standard InChI is InChI=1S/C19H22OSi/c1-3-21(17-10-6-4-7-11-17,18-12-8-5-9-13-18)19-14-15-20-16(19)2/h3-13,16,19H,1,14-15H2,2H3. The van der Waals surface area contributed by atoms with E-state index in [9.17, 15) is 0 Å². The molecule has 1 fully saturated rings. The smallest absolute Gasteiger partial charge is 0.146 e. The van der Waals surface area contributed by atoms with Crippen molar-refractivity contribution in [3.63, 3.8) is 0 Å². The zero-order valence-electron chi connectivity index (χ0n) is 12.5. The van der Waals surface area contributed by atoms with Crippen molar-refractivity contribution in [1.29, 1.82) is 0 Å². The largest absolute Gasteiger partial charge is 0.378 e. The fraction of sp³-hybridized carbons (Fsp3) is 0.263. The molecule has 3 rings (SSSR count). The molecule has 1 heterocycles. The molecule has 1 nitrogen and oxygen atoms in total. The van der Waals surface area contributed by atoms with Crippen LogP contribution < -0.4 is 10.4 Å². The van der Waals surface area contributed by atoms with Crippen LogP contribution in [0.5, 0.6) is 0 Å². The molecular weight excluding hydrogens is 272 g/mol. The molecular formula is C19H22OSi. The molecule has 1 aliphatic rings. The molecule has 2 aromatic carbocycles. The normalized spacial score (nSPS) is 22.1. The average Bonchev–Trinajstić information content (AvgIpc) is 2.98. The highest BCUT2D eigenvalue weighted by atomic mass is 28.3. The Morgan fingerprint density at radius 1 is 1.00 bits per heavy atom. The van der Waals surface area contributed by atoms with Crippen molar-refractivity contribution in [3.05, 3.63) is 72.9 Å². The summed E-state index contributed by atoms with van der Waals surface area (Å²) in [4.78, 5) is 0. The van der Waals surface area contributed by atoms with Crippen LogP contribution in [-0.2, 0) is 4.74 Å². The predicted molar refractivity (Wildman–Crippen MR) is 91.9 cm³/mol. The Morgan fingerprint density at radius 3 is 1.90 bits per heavy atom. The van der Waals surface area contributed by atoms with Crippen LogP contribution >= 0.6 is 0 Å². The first kappa shape index (κ1) is 14.3. The van der Waals surface area contributed by atoms with E-state index in [1.807, 2.05) is 0 Å². The third-order valence-electron chi connectivity index (χ3n) is 4.79. The summed E-state index contributed by atoms with van der Waals surface area (Å²) in [5.74, 6) is 0. The lowest BCUT2D eigenvalue weighted by molar-refractivity contribution is 0.125. The molecule has 21 heavy (non-hydrogen) atoms. The van der Waals surface area contributed by atoms with Gasteiger partial charge in [0.25, 0.3) is 0 Å². The van der Waals surface area contributed by atoms with Crippen molar-refractivity contribution in [3.8, 4) is 0 Å². The molecule has 0 aliphatic carbocycles. The molecule has 2 heteroatoms. The monoisotopic (exact) mass is 294 g/mol. The third-order valence-corrected chi connectivity index (χ3v) is 9.94. The second-order valence-corrected chi connectivity index (χ2v) is 9.82. The Hall–Kier alpha value is -1.64. The maximum absolute atomic E-state index is 5.90. The highest BCUT2D eigenvalue weighted by molar-refractivity contribution is 7.07. The minimum atomic E-state index is -2.01. The van der Waals surface area contributed by atoms with Crippen LogP contribution in [0.1, 0.15) is 13.3 Å². The molecule has 2 atom stereocenters. The van der Waals surface area contributed by atoms with Crippen LogP contribution in [-0.4, -0.2) is 20.8 Å². The lowest BCUT2D eigenvalue weighted by Crippen LogP contribution is -2.61. The Labute approximate surface area is 128 Å². The summed E-state index contributed by atoms with van der Waals surface area (Å²) in [6.45, 7) is 7.36. The SMILES string of the molecule is C=C[Si](c1ccccc1)(c1ccccc1)C1CCOC1C. The minimum Gasteiger partial charge on any atom is -0.378 e. The first-order valence-corrected chi connectivity index (χ1v) is 9.80. The van der Waals surface area contributed by atoms with Crippen LogP contribution in [0.25, 0.3) is 0 Å². The van der Waals surface area contributed by atoms with Gasteiger partial charge in [0.2, 0.25) is 0 Å². The average molecular weight is 294 g/mol. The third kappa shape index (κ3) is 2.39. The summed E-state index contributed by atoms with van der Waals surface area (Å²) in [6, 6.07) is 21.8. The number of ether oxygens (including phenoxy) is 1. The van der Waals surface area contributed by atoms with Crippen molar-refractivity contribution in [2.75, 3.05) is 6.61 Å². The maximum Gasteiger partial charge on any atom is 0.146 e. The van der Waals surface area contributed by atoms with Gasteiger partial charge >= 0.3 is 0 Å². The van der Waals surface area contributed by atoms with E-state index in [4.69, 9.17) is 4.74 Å². The van der Waals surface area contributed by atoms with Gasteiger partial charge in [-0.1, -0.05) is 66.4 Å². The molecule has 2 aromatic rings. The lowest BCUT2D eigenvalue weighted by atomic mass is 10.2. The molecule has 108 valence electrons. The van der Waals surface area contributed by atoms with E-state index >= 15 is 0 Å². The van der Waals surface area contributed by atoms with Crippen LogP contribution in [0.15, 0.2) is 72.9 Å². The Kier molecular flexibility index (Phi) is 4.09. The summed E-state index contributed by atoms with van der Waals surface area (Å²) in [7, 11) is -2.01. The van der Waals surface area contributed by atoms with E-state index in [2.05, 4.69) is 79.9 Å². The zero-order valence-corrected chi connectivity index (χ0v) is 13.5. The van der Waals surface area contributed by atoms with Crippen molar-refractivity contribution in [2.24, 2.45) is 0 Å². The quantitative estimate of drug-likeness (QED) is 0.787. The fourth-order valence-corrected chi connectivity index (χ4v) is 8.60. The Morgan fingerprint density at radius 2 is 1.52 bits per heavy atom. The van der Waals surface area contributed by atoms with E-state index in [1.54, 1.807) is 0 Å². The molecule has 0 aromatic heterocycles. The Bertz CT molecular complexity index is 554. The van der Waals surface area contributed by atoms with Crippen molar-refractivity contribution < 1.29 is 4.74 Å². The summed E-state index contributed by atoms with van der Waals surface area (Å²) >= 11 is 0. The van der Waals surface area contributed by atoms with E-state index < -0.39 is 8.07 Å². The van der Waals surface area contributed by atoms with Gasteiger partial charge in [-0.2, -0.15) is 0 Å². The summed E-state index contributed by atoms with van der Waals surface area (Å²) in [5, 5.41) is 2.88. The molecule has 1 saturated heterocycles. The maximum atomic E-state index is 5.90. The molecule has 1 aliphatic heterocycles. The van der Waals surface area contributed by atoms with Gasteiger partial charge in [0, 0.05) is 6.61 Å². The number of benzene rings is 2. The summed E-state index contributed by atoms with van der Waals surface area (Å²) in [5.41, 5.74) is 2.81. The highest BCUT2D eigenvalue weighted by Gasteiger charge is 2.46. The molecule has 0 saturated carbocycles. The van der Waals surface area contributed by atoms with Gasteiger partial charge in [-0.15, -0.1) is 6.58 Å². The van der Waals surface area contributed by atoms with Gasteiger partial charge in [-0.3, -0.25) is 0 Å². The summed E-state index contributed by atoms with van der Waals surface area (Å²) < 4.78 is 5.90. The fourth-order valence-electron chi connectivity index (χ4n) is 3.74. The first-order valence-electron chi connectivity index (χ1n) is 7.65. The van der Waals surface area contributed by atoms with Gasteiger partial charge in [0.1, 0.15) is 8.07 Å². The van der Waals surface area contributed by atoms with Gasteiger partial charge in [0.15, 0.2) is 0 Å². The minimum absolute atomic E-state index is 0.301. The zero-order chi connectivity index (χ0) is 14.7. The summed E-state index contributed by atoms with van der Waals surface area (Å²) in [6.07, 6.45) is 1.43. The van der Waals surface area contributed by atoms with Crippen molar-refractivity contribution >= 4 is 18.4 Å². The van der Waals surface area contributed by atoms with E-state index in [0.717, 1.165) is 13.0 Å². The van der Waals surface area contributed by atoms with Crippen molar-refractivity contribution in [2.45, 2.75) is 25.0 Å². The number of hydrogen-bond acceptors (Lipinski definition) is 1. The molecule has 2 unspecified atom stereocenters. The van der Waals surface area contributed by atoms with E-state index in [0.29, 0.717) is 11.6 Å². The topological polar surface area (TPSA) is 9.23 Å². The second kappa shape index (κ2) is 6.00. The van der Waals surface area contributed by atoms with Crippen LogP contribution in [0.4, 0.5) is 0 Å². The van der Waals surface area contributed by atoms with Gasteiger partial charge in [-0.05, 0) is 29.3 Å². The van der Waals surface area contributed by atoms with Gasteiger partial charge in [0.05, 0.1) is 6.10 Å². The van der Waals surface area contributed by atoms with Crippen LogP contribution in [0, 0.1) is 0 Å². The van der Waals surface area contributed by atoms with E-state index in [1.165, 1.54) is 10.4 Å². The number of rotatable bonds is 4. The first-order chi connectivity index (χ1) is 10.3. The Balaban J connectivity index is 2.20. The highest BCUT2D eigenvalue weighted by Crippen LogP contribution is 2.36. The van der Waals surface area contributed by atoms with E-state index in [-0.39, 0.29) is 0 Å². The second-order valence-electron chi connectivity index (χ2n) is 5.78. The van der Waals surface area contributed by atoms with Crippen LogP contribution in [0.2, 0.25) is 5.54 Å². The van der Waals surface area contributed by atoms with Crippen LogP contribution in [0.3, 0.4) is 0 Å². The number of hydrogen-bond donors (Lipinski definition) is 0. The molecule has 0 amide bonds. The molecule has 0 bridgehead atoms. The molecule has 0 radical (unpaired) electrons. The lowest BCUT2D eigenvalue weighted by Gasteiger charge is -2.37.